The molecule has 0 unspecified atom stereocenters. The van der Waals surface area contributed by atoms with Crippen molar-refractivity contribution >= 4 is 28.8 Å². The number of ether oxygens (including phenoxy) is 4. The van der Waals surface area contributed by atoms with Gasteiger partial charge in [0.2, 0.25) is 0 Å². The predicted octanol–water partition coefficient (Wildman–Crippen LogP) is 3.57. The second-order valence-corrected chi connectivity index (χ2v) is 7.12. The van der Waals surface area contributed by atoms with Gasteiger partial charge in [-0.25, -0.2) is 4.98 Å². The van der Waals surface area contributed by atoms with Crippen molar-refractivity contribution in [2.45, 2.75) is 13.3 Å². The molecular formula is C25H26N6O5. The van der Waals surface area contributed by atoms with Crippen LogP contribution in [0.15, 0.2) is 59.2 Å². The highest BCUT2D eigenvalue weighted by molar-refractivity contribution is 6.05. The molecule has 36 heavy (non-hydrogen) atoms. The first-order valence-corrected chi connectivity index (χ1v) is 11.0. The standard InChI is InChI=1S/C25H26N6O5/c1-4-35-22(15-28-10-5-9-26)24(27)25(32)31-23-7-6-16(14-30-23)36-19-8-11-29-18-13-21(34-3)20(33-2)12-17(18)19/h6-8,11-15H,4-5,10,27H2,1-3H3,(H,30,31,32). The van der Waals surface area contributed by atoms with Gasteiger partial charge < -0.3 is 30.0 Å². The zero-order valence-corrected chi connectivity index (χ0v) is 20.1. The number of allylic oxidation sites excluding steroid dienone is 1. The number of aliphatic imine (C=N–C) groups is 1. The molecule has 0 atom stereocenters. The van der Waals surface area contributed by atoms with Crippen LogP contribution in [0.5, 0.6) is 23.0 Å². The van der Waals surface area contributed by atoms with Crippen LogP contribution < -0.4 is 25.3 Å². The molecular weight excluding hydrogens is 464 g/mol. The van der Waals surface area contributed by atoms with Crippen molar-refractivity contribution in [3.8, 4) is 29.1 Å². The van der Waals surface area contributed by atoms with Crippen molar-refractivity contribution in [2.75, 3.05) is 32.7 Å². The topological polar surface area (TPSA) is 154 Å². The van der Waals surface area contributed by atoms with Gasteiger partial charge in [-0.05, 0) is 31.2 Å². The molecule has 186 valence electrons. The minimum Gasteiger partial charge on any atom is -0.493 e. The first kappa shape index (κ1) is 25.8. The summed E-state index contributed by atoms with van der Waals surface area (Å²) in [4.78, 5) is 25.2. The number of nitrogens with two attached hydrogens (primary N) is 1. The molecule has 0 spiro atoms. The maximum Gasteiger partial charge on any atom is 0.276 e. The van der Waals surface area contributed by atoms with E-state index in [1.807, 2.05) is 6.07 Å². The van der Waals surface area contributed by atoms with Crippen molar-refractivity contribution < 1.29 is 23.7 Å². The van der Waals surface area contributed by atoms with Crippen LogP contribution in [0.3, 0.4) is 0 Å². The number of nitrogens with zero attached hydrogens (tertiary/aromatic N) is 4. The van der Waals surface area contributed by atoms with E-state index >= 15 is 0 Å². The van der Waals surface area contributed by atoms with Gasteiger partial charge in [0.05, 0.1) is 57.8 Å². The lowest BCUT2D eigenvalue weighted by atomic mass is 10.2. The van der Waals surface area contributed by atoms with Crippen molar-refractivity contribution in [1.29, 1.82) is 5.26 Å². The molecule has 0 bridgehead atoms. The molecule has 0 aliphatic carbocycles. The van der Waals surface area contributed by atoms with Crippen LogP contribution in [0, 0.1) is 11.3 Å². The fourth-order valence-corrected chi connectivity index (χ4v) is 3.08. The highest BCUT2D eigenvalue weighted by Crippen LogP contribution is 2.36. The summed E-state index contributed by atoms with van der Waals surface area (Å²) < 4.78 is 22.1. The zero-order valence-electron chi connectivity index (χ0n) is 20.1. The Balaban J connectivity index is 1.75. The van der Waals surface area contributed by atoms with Gasteiger partial charge in [0.1, 0.15) is 23.0 Å². The van der Waals surface area contributed by atoms with Crippen molar-refractivity contribution in [2.24, 2.45) is 10.7 Å². The van der Waals surface area contributed by atoms with E-state index in [9.17, 15) is 4.79 Å². The monoisotopic (exact) mass is 490 g/mol. The van der Waals surface area contributed by atoms with Crippen LogP contribution in [-0.4, -0.2) is 49.5 Å². The Morgan fingerprint density at radius 3 is 2.61 bits per heavy atom. The normalized spacial score (nSPS) is 11.5. The number of benzene rings is 1. The Labute approximate surface area is 208 Å². The minimum absolute atomic E-state index is 0.115. The number of hydrogen-bond acceptors (Lipinski definition) is 10. The first-order valence-electron chi connectivity index (χ1n) is 11.0. The molecule has 11 heteroatoms. The number of nitriles is 1. The summed E-state index contributed by atoms with van der Waals surface area (Å²) in [6.45, 7) is 2.32. The van der Waals surface area contributed by atoms with Crippen LogP contribution in [0.1, 0.15) is 13.3 Å². The molecule has 0 aliphatic rings. The molecule has 11 nitrogen and oxygen atoms in total. The molecule has 1 amide bonds. The van der Waals surface area contributed by atoms with Gasteiger partial charge >= 0.3 is 0 Å². The van der Waals surface area contributed by atoms with E-state index in [0.717, 1.165) is 5.39 Å². The van der Waals surface area contributed by atoms with Crippen molar-refractivity contribution in [1.82, 2.24) is 9.97 Å². The number of anilines is 1. The summed E-state index contributed by atoms with van der Waals surface area (Å²) in [7, 11) is 3.11. The second-order valence-electron chi connectivity index (χ2n) is 7.12. The number of fused-ring (bicyclic) bond motifs is 1. The highest BCUT2D eigenvalue weighted by Gasteiger charge is 2.14. The SMILES string of the molecule is CCOC(C=NCCC#N)=C(N)C(=O)Nc1ccc(Oc2ccnc3cc(OC)c(OC)cc23)cn1. The number of amides is 1. The van der Waals surface area contributed by atoms with E-state index in [0.29, 0.717) is 35.1 Å². The maximum absolute atomic E-state index is 12.6. The number of pyridine rings is 2. The van der Waals surface area contributed by atoms with Gasteiger partial charge in [-0.15, -0.1) is 0 Å². The van der Waals surface area contributed by atoms with Gasteiger partial charge in [-0.2, -0.15) is 5.26 Å². The molecule has 3 rings (SSSR count). The van der Waals surface area contributed by atoms with Crippen molar-refractivity contribution in [3.63, 3.8) is 0 Å². The molecule has 3 N–H and O–H groups in total. The summed E-state index contributed by atoms with van der Waals surface area (Å²) in [6.07, 6.45) is 4.68. The van der Waals surface area contributed by atoms with Crippen LogP contribution in [0.2, 0.25) is 0 Å². The highest BCUT2D eigenvalue weighted by atomic mass is 16.5. The first-order chi connectivity index (χ1) is 17.5. The molecule has 0 saturated heterocycles. The Kier molecular flexibility index (Phi) is 9.00. The van der Waals surface area contributed by atoms with Gasteiger partial charge in [-0.3, -0.25) is 14.8 Å². The van der Waals surface area contributed by atoms with E-state index in [4.69, 9.17) is 29.9 Å². The minimum atomic E-state index is -0.604. The number of aromatic nitrogens is 2. The molecule has 0 fully saturated rings. The average molecular weight is 491 g/mol. The van der Waals surface area contributed by atoms with Crippen LogP contribution in [0.25, 0.3) is 10.9 Å². The molecule has 0 saturated carbocycles. The number of hydrogen-bond donors (Lipinski definition) is 2. The molecule has 0 aliphatic heterocycles. The Hall–Kier alpha value is -4.85. The average Bonchev–Trinajstić information content (AvgIpc) is 2.90. The number of nitrogens with one attached hydrogen (secondary N) is 1. The van der Waals surface area contributed by atoms with Gasteiger partial charge in [0.15, 0.2) is 17.3 Å². The summed E-state index contributed by atoms with van der Waals surface area (Å²) in [6, 6.07) is 10.5. The maximum atomic E-state index is 12.6. The van der Waals surface area contributed by atoms with Crippen molar-refractivity contribution in [3.05, 3.63) is 54.2 Å². The van der Waals surface area contributed by atoms with Gasteiger partial charge in [0.25, 0.3) is 5.91 Å². The Morgan fingerprint density at radius 2 is 1.94 bits per heavy atom. The largest absolute Gasteiger partial charge is 0.493 e. The lowest BCUT2D eigenvalue weighted by Crippen LogP contribution is -2.23. The molecule has 3 aromatic rings. The van der Waals surface area contributed by atoms with E-state index in [-0.39, 0.29) is 30.2 Å². The summed E-state index contributed by atoms with van der Waals surface area (Å²) in [5.41, 5.74) is 6.46. The Morgan fingerprint density at radius 1 is 1.17 bits per heavy atom. The number of carbonyl (C=O) groups is 1. The second kappa shape index (κ2) is 12.6. The summed E-state index contributed by atoms with van der Waals surface area (Å²) in [5.74, 6) is 1.87. The molecule has 1 aromatic carbocycles. The fourth-order valence-electron chi connectivity index (χ4n) is 3.08. The third kappa shape index (κ3) is 6.38. The van der Waals surface area contributed by atoms with E-state index in [2.05, 4.69) is 20.3 Å². The number of methoxy groups -OCH3 is 2. The zero-order chi connectivity index (χ0) is 25.9. The fraction of sp³-hybridized carbons (Fsp3) is 0.240. The summed E-state index contributed by atoms with van der Waals surface area (Å²) >= 11 is 0. The van der Waals surface area contributed by atoms with Gasteiger partial charge in [-0.1, -0.05) is 0 Å². The van der Waals surface area contributed by atoms with E-state index in [1.54, 1.807) is 57.7 Å². The summed E-state index contributed by atoms with van der Waals surface area (Å²) in [5, 5.41) is 11.9. The Bertz CT molecular complexity index is 1320. The number of carbonyl (C=O) groups excluding carboxylic acids is 1. The third-order valence-electron chi connectivity index (χ3n) is 4.78. The van der Waals surface area contributed by atoms with Crippen LogP contribution in [0.4, 0.5) is 5.82 Å². The van der Waals surface area contributed by atoms with E-state index < -0.39 is 5.91 Å². The van der Waals surface area contributed by atoms with E-state index in [1.165, 1.54) is 12.4 Å². The van der Waals surface area contributed by atoms with Crippen LogP contribution in [-0.2, 0) is 9.53 Å². The molecule has 2 aromatic heterocycles. The van der Waals surface area contributed by atoms with Gasteiger partial charge in [0, 0.05) is 17.6 Å². The predicted molar refractivity (Wildman–Crippen MR) is 134 cm³/mol. The third-order valence-corrected chi connectivity index (χ3v) is 4.78. The quantitative estimate of drug-likeness (QED) is 0.178. The van der Waals surface area contributed by atoms with Crippen LogP contribution >= 0.6 is 0 Å². The molecule has 0 radical (unpaired) electrons. The lowest BCUT2D eigenvalue weighted by Gasteiger charge is -2.12. The smallest absolute Gasteiger partial charge is 0.276 e. The molecule has 2 heterocycles. The lowest BCUT2D eigenvalue weighted by molar-refractivity contribution is -0.113. The number of rotatable bonds is 11.